The summed E-state index contributed by atoms with van der Waals surface area (Å²) in [6.07, 6.45) is 1.28. The fourth-order valence-electron chi connectivity index (χ4n) is 3.56. The van der Waals surface area contributed by atoms with Gasteiger partial charge in [0.2, 0.25) is 0 Å². The summed E-state index contributed by atoms with van der Waals surface area (Å²) in [5.41, 5.74) is -0.0376. The average Bonchev–Trinajstić information content (AvgIpc) is 3.64. The van der Waals surface area contributed by atoms with Gasteiger partial charge in [0, 0.05) is 24.6 Å². The molecule has 0 radical (unpaired) electrons. The van der Waals surface area contributed by atoms with Crippen molar-refractivity contribution in [1.82, 2.24) is 10.0 Å². The van der Waals surface area contributed by atoms with Crippen molar-refractivity contribution in [3.8, 4) is 0 Å². The van der Waals surface area contributed by atoms with Crippen LogP contribution in [0, 0.1) is 30.2 Å². The lowest BCUT2D eigenvalue weighted by molar-refractivity contribution is 0.0951. The minimum atomic E-state index is -1.34. The summed E-state index contributed by atoms with van der Waals surface area (Å²) < 4.78 is 65.4. The van der Waals surface area contributed by atoms with Crippen LogP contribution in [0.15, 0.2) is 42.5 Å². The molecular formula is C25H24F4N4OS. The van der Waals surface area contributed by atoms with Crippen LogP contribution in [0.25, 0.3) is 0 Å². The lowest BCUT2D eigenvalue weighted by Crippen LogP contribution is -2.27. The van der Waals surface area contributed by atoms with E-state index >= 15 is 8.78 Å². The highest BCUT2D eigenvalue weighted by atomic mass is 32.2. The Hall–Kier alpha value is -3.24. The number of halogens is 4. The van der Waals surface area contributed by atoms with Gasteiger partial charge in [0.25, 0.3) is 5.91 Å². The number of benzene rings is 3. The van der Waals surface area contributed by atoms with E-state index in [2.05, 4.69) is 20.1 Å². The molecule has 5 nitrogen and oxygen atoms in total. The molecule has 10 heteroatoms. The molecule has 3 aromatic rings. The highest BCUT2D eigenvalue weighted by Crippen LogP contribution is 2.33. The zero-order chi connectivity index (χ0) is 25.1. The van der Waals surface area contributed by atoms with Crippen LogP contribution in [-0.2, 0) is 6.42 Å². The van der Waals surface area contributed by atoms with Crippen LogP contribution in [-0.4, -0.2) is 19.0 Å². The van der Waals surface area contributed by atoms with Crippen LogP contribution >= 0.6 is 12.1 Å². The van der Waals surface area contributed by atoms with Gasteiger partial charge in [0.15, 0.2) is 17.5 Å². The average molecular weight is 505 g/mol. The number of carbonyl (C=O) groups is 1. The Morgan fingerprint density at radius 2 is 1.74 bits per heavy atom. The van der Waals surface area contributed by atoms with Crippen LogP contribution < -0.4 is 20.1 Å². The van der Waals surface area contributed by atoms with Crippen LogP contribution in [0.3, 0.4) is 0 Å². The number of hydrogen-bond donors (Lipinski definition) is 4. The largest absolute Gasteiger partial charge is 0.350 e. The maximum Gasteiger partial charge on any atom is 0.253 e. The molecule has 184 valence electrons. The van der Waals surface area contributed by atoms with Crippen molar-refractivity contribution < 1.29 is 22.4 Å². The Bertz CT molecular complexity index is 1270. The van der Waals surface area contributed by atoms with E-state index in [1.165, 1.54) is 30.3 Å². The molecule has 0 spiro atoms. The second kappa shape index (κ2) is 10.6. The molecule has 0 aliphatic heterocycles. The predicted octanol–water partition coefficient (Wildman–Crippen LogP) is 5.97. The van der Waals surface area contributed by atoms with Gasteiger partial charge in [-0.1, -0.05) is 18.2 Å². The molecular weight excluding hydrogens is 480 g/mol. The first-order valence-electron chi connectivity index (χ1n) is 11.0. The summed E-state index contributed by atoms with van der Waals surface area (Å²) in [6.45, 7) is 1.69. The quantitative estimate of drug-likeness (QED) is 0.214. The van der Waals surface area contributed by atoms with E-state index in [0.29, 0.717) is 5.56 Å². The number of nitrogens with one attached hydrogen (secondary N) is 4. The highest BCUT2D eigenvalue weighted by Gasteiger charge is 2.28. The highest BCUT2D eigenvalue weighted by molar-refractivity contribution is 7.98. The molecule has 1 fully saturated rings. The second-order valence-corrected chi connectivity index (χ2v) is 9.12. The molecule has 4 rings (SSSR count). The van der Waals surface area contributed by atoms with E-state index in [9.17, 15) is 13.6 Å². The van der Waals surface area contributed by atoms with E-state index in [4.69, 9.17) is 0 Å². The van der Waals surface area contributed by atoms with Gasteiger partial charge >= 0.3 is 0 Å². The lowest BCUT2D eigenvalue weighted by Gasteiger charge is -2.17. The van der Waals surface area contributed by atoms with Gasteiger partial charge in [-0.3, -0.25) is 4.79 Å². The molecule has 4 N–H and O–H groups in total. The van der Waals surface area contributed by atoms with Crippen LogP contribution in [0.1, 0.15) is 39.9 Å². The fourth-order valence-corrected chi connectivity index (χ4v) is 3.93. The molecule has 0 bridgehead atoms. The SMILES string of the molecule is CNSNc1cccc(Cc2cc(C(=O)NC3CC3)c(Nc3ccc(C)cc3F)c(F)c2F)c1F. The van der Waals surface area contributed by atoms with E-state index in [0.717, 1.165) is 25.0 Å². The Labute approximate surface area is 205 Å². The fraction of sp³-hybridized carbons (Fsp3) is 0.240. The topological polar surface area (TPSA) is 65.2 Å². The van der Waals surface area contributed by atoms with Gasteiger partial charge in [-0.05, 0) is 67.8 Å². The summed E-state index contributed by atoms with van der Waals surface area (Å²) in [4.78, 5) is 12.9. The summed E-state index contributed by atoms with van der Waals surface area (Å²) >= 11 is 1.05. The number of rotatable bonds is 9. The van der Waals surface area contributed by atoms with Gasteiger partial charge < -0.3 is 15.4 Å². The molecule has 0 unspecified atom stereocenters. The summed E-state index contributed by atoms with van der Waals surface area (Å²) in [5, 5.41) is 5.29. The zero-order valence-corrected chi connectivity index (χ0v) is 19.9. The van der Waals surface area contributed by atoms with Crippen molar-refractivity contribution in [2.45, 2.75) is 32.2 Å². The van der Waals surface area contributed by atoms with Gasteiger partial charge in [0.1, 0.15) is 5.82 Å². The van der Waals surface area contributed by atoms with Gasteiger partial charge in [0.05, 0.1) is 22.6 Å². The van der Waals surface area contributed by atoms with Gasteiger partial charge in [-0.15, -0.1) is 0 Å². The third kappa shape index (κ3) is 5.71. The predicted molar refractivity (Wildman–Crippen MR) is 131 cm³/mol. The number of hydrogen-bond acceptors (Lipinski definition) is 5. The van der Waals surface area contributed by atoms with Crippen LogP contribution in [0.5, 0.6) is 0 Å². The third-order valence-electron chi connectivity index (χ3n) is 5.55. The molecule has 0 heterocycles. The zero-order valence-electron chi connectivity index (χ0n) is 19.1. The summed E-state index contributed by atoms with van der Waals surface area (Å²) in [7, 11) is 1.66. The number of anilines is 3. The number of amides is 1. The molecule has 3 aromatic carbocycles. The Kier molecular flexibility index (Phi) is 7.51. The van der Waals surface area contributed by atoms with Crippen molar-refractivity contribution in [2.24, 2.45) is 0 Å². The summed E-state index contributed by atoms with van der Waals surface area (Å²) in [5.74, 6) is -4.51. The summed E-state index contributed by atoms with van der Waals surface area (Å²) in [6, 6.07) is 9.92. The van der Waals surface area contributed by atoms with E-state index in [1.807, 2.05) is 0 Å². The van der Waals surface area contributed by atoms with Crippen molar-refractivity contribution >= 4 is 35.1 Å². The number of aryl methyl sites for hydroxylation is 1. The lowest BCUT2D eigenvalue weighted by atomic mass is 9.99. The van der Waals surface area contributed by atoms with Crippen molar-refractivity contribution in [3.05, 3.63) is 88.0 Å². The van der Waals surface area contributed by atoms with Crippen LogP contribution in [0.2, 0.25) is 0 Å². The van der Waals surface area contributed by atoms with Crippen molar-refractivity contribution in [3.63, 3.8) is 0 Å². The first-order valence-corrected chi connectivity index (χ1v) is 11.8. The maximum absolute atomic E-state index is 15.3. The molecule has 0 aromatic heterocycles. The third-order valence-corrected chi connectivity index (χ3v) is 6.07. The first-order chi connectivity index (χ1) is 16.8. The molecule has 1 aliphatic rings. The number of carbonyl (C=O) groups excluding carboxylic acids is 1. The van der Waals surface area contributed by atoms with E-state index < -0.39 is 34.9 Å². The standard InChI is InChI=1S/C25H24F4N4OS/c1-13-6-9-19(18(26)10-13)32-24-17(25(34)31-16-7-8-16)12-15(22(28)23(24)29)11-14-4-3-5-20(21(14)27)33-35-30-2/h3-6,9-10,12,16,30,32-33H,7-8,11H2,1-2H3,(H,31,34). The van der Waals surface area contributed by atoms with Crippen molar-refractivity contribution in [2.75, 3.05) is 17.1 Å². The maximum atomic E-state index is 15.3. The Balaban J connectivity index is 1.74. The van der Waals surface area contributed by atoms with Crippen molar-refractivity contribution in [1.29, 1.82) is 0 Å². The minimum absolute atomic E-state index is 0.0482. The molecule has 0 atom stereocenters. The first kappa shape index (κ1) is 24.9. The van der Waals surface area contributed by atoms with E-state index in [-0.39, 0.29) is 40.5 Å². The monoisotopic (exact) mass is 504 g/mol. The normalized spacial score (nSPS) is 13.0. The van der Waals surface area contributed by atoms with Crippen LogP contribution in [0.4, 0.5) is 34.6 Å². The smallest absolute Gasteiger partial charge is 0.253 e. The Morgan fingerprint density at radius 3 is 2.43 bits per heavy atom. The molecule has 1 saturated carbocycles. The Morgan fingerprint density at radius 1 is 0.971 bits per heavy atom. The van der Waals surface area contributed by atoms with E-state index in [1.54, 1.807) is 26.1 Å². The molecule has 35 heavy (non-hydrogen) atoms. The molecule has 1 aliphatic carbocycles. The van der Waals surface area contributed by atoms with Gasteiger partial charge in [-0.2, -0.15) is 0 Å². The van der Waals surface area contributed by atoms with Gasteiger partial charge in [-0.25, -0.2) is 22.3 Å². The second-order valence-electron chi connectivity index (χ2n) is 8.31. The molecule has 0 saturated heterocycles. The molecule has 1 amide bonds. The minimum Gasteiger partial charge on any atom is -0.350 e.